The molecule has 152 valence electrons. The van der Waals surface area contributed by atoms with Gasteiger partial charge in [0.1, 0.15) is 0 Å². The first-order valence-electron chi connectivity index (χ1n) is 9.09. The Morgan fingerprint density at radius 3 is 2.74 bits per heavy atom. The van der Waals surface area contributed by atoms with E-state index in [2.05, 4.69) is 0 Å². The van der Waals surface area contributed by atoms with Crippen molar-refractivity contribution >= 4 is 5.91 Å². The molecule has 1 fully saturated rings. The third-order valence-corrected chi connectivity index (χ3v) is 4.80. The van der Waals surface area contributed by atoms with Crippen molar-refractivity contribution in [1.29, 1.82) is 0 Å². The Hall–Kier alpha value is -1.96. The van der Waals surface area contributed by atoms with Gasteiger partial charge in [-0.05, 0) is 49.8 Å². The normalized spacial score (nSPS) is 18.9. The van der Waals surface area contributed by atoms with E-state index in [9.17, 15) is 18.0 Å². The molecule has 1 aromatic carbocycles. The molecule has 1 aliphatic rings. The van der Waals surface area contributed by atoms with E-state index in [0.717, 1.165) is 24.9 Å². The van der Waals surface area contributed by atoms with Crippen molar-refractivity contribution in [2.24, 2.45) is 11.7 Å². The van der Waals surface area contributed by atoms with Crippen LogP contribution in [0.25, 0.3) is 0 Å². The summed E-state index contributed by atoms with van der Waals surface area (Å²) in [7, 11) is 1.37. The summed E-state index contributed by atoms with van der Waals surface area (Å²) in [5.74, 6) is 0.643. The zero-order chi connectivity index (χ0) is 20.0. The Balaban J connectivity index is 1.92. The lowest BCUT2D eigenvalue weighted by Gasteiger charge is -2.34. The van der Waals surface area contributed by atoms with Gasteiger partial charge in [-0.15, -0.1) is 0 Å². The van der Waals surface area contributed by atoms with Crippen LogP contribution in [0.15, 0.2) is 18.2 Å². The highest BCUT2D eigenvalue weighted by Gasteiger charge is 2.29. The summed E-state index contributed by atoms with van der Waals surface area (Å²) >= 11 is 0. The zero-order valence-electron chi connectivity index (χ0n) is 15.7. The van der Waals surface area contributed by atoms with E-state index < -0.39 is 12.8 Å². The first-order valence-corrected chi connectivity index (χ1v) is 9.09. The number of nitrogens with two attached hydrogens (primary N) is 1. The number of hydrogen-bond acceptors (Lipinski definition) is 4. The number of nitrogens with zero attached hydrogens (tertiary/aromatic N) is 1. The molecule has 8 heteroatoms. The third kappa shape index (κ3) is 6.61. The number of likely N-dealkylation sites (tertiary alicyclic amines) is 1. The Bertz CT molecular complexity index is 635. The van der Waals surface area contributed by atoms with E-state index in [4.69, 9.17) is 15.2 Å². The number of halogens is 3. The van der Waals surface area contributed by atoms with Gasteiger partial charge in [0, 0.05) is 25.6 Å². The molecule has 1 saturated heterocycles. The monoisotopic (exact) mass is 388 g/mol. The van der Waals surface area contributed by atoms with Gasteiger partial charge in [0.05, 0.1) is 7.11 Å². The van der Waals surface area contributed by atoms with Crippen LogP contribution >= 0.6 is 0 Å². The number of rotatable bonds is 7. The van der Waals surface area contributed by atoms with E-state index in [1.807, 2.05) is 11.8 Å². The molecule has 2 atom stereocenters. The SMILES string of the molecule is COc1cc(CCC(=O)N2CCCC(C(C)N)C2)ccc1OCC(F)(F)F. The minimum Gasteiger partial charge on any atom is -0.493 e. The largest absolute Gasteiger partial charge is 0.493 e. The maximum atomic E-state index is 12.5. The van der Waals surface area contributed by atoms with Crippen molar-refractivity contribution in [3.05, 3.63) is 23.8 Å². The molecule has 0 bridgehead atoms. The number of carbonyl (C=O) groups excluding carboxylic acids is 1. The lowest BCUT2D eigenvalue weighted by Crippen LogP contribution is -2.45. The maximum absolute atomic E-state index is 12.5. The second-order valence-corrected chi connectivity index (χ2v) is 6.99. The molecule has 2 N–H and O–H groups in total. The van der Waals surface area contributed by atoms with Gasteiger partial charge in [0.15, 0.2) is 18.1 Å². The fraction of sp³-hybridized carbons (Fsp3) is 0.632. The molecule has 0 saturated carbocycles. The molecule has 0 aromatic heterocycles. The van der Waals surface area contributed by atoms with E-state index in [1.54, 1.807) is 12.1 Å². The van der Waals surface area contributed by atoms with Crippen LogP contribution in [0.4, 0.5) is 13.2 Å². The summed E-state index contributed by atoms with van der Waals surface area (Å²) in [5.41, 5.74) is 6.76. The summed E-state index contributed by atoms with van der Waals surface area (Å²) in [6.45, 7) is 2.02. The van der Waals surface area contributed by atoms with Crippen molar-refractivity contribution < 1.29 is 27.4 Å². The quantitative estimate of drug-likeness (QED) is 0.779. The molecule has 0 radical (unpaired) electrons. The summed E-state index contributed by atoms with van der Waals surface area (Å²) in [6.07, 6.45) is -1.61. The van der Waals surface area contributed by atoms with Gasteiger partial charge < -0.3 is 20.1 Å². The summed E-state index contributed by atoms with van der Waals surface area (Å²) in [4.78, 5) is 14.3. The molecular formula is C19H27F3N2O3. The van der Waals surface area contributed by atoms with Crippen LogP contribution in [-0.2, 0) is 11.2 Å². The van der Waals surface area contributed by atoms with Crippen LogP contribution in [0.3, 0.4) is 0 Å². The number of ether oxygens (including phenoxy) is 2. The molecule has 0 aliphatic carbocycles. The predicted molar refractivity (Wildman–Crippen MR) is 95.8 cm³/mol. The molecule has 5 nitrogen and oxygen atoms in total. The Morgan fingerprint density at radius 1 is 1.37 bits per heavy atom. The Labute approximate surface area is 157 Å². The zero-order valence-corrected chi connectivity index (χ0v) is 15.7. The van der Waals surface area contributed by atoms with Crippen molar-refractivity contribution in [2.75, 3.05) is 26.8 Å². The van der Waals surface area contributed by atoms with Crippen molar-refractivity contribution in [3.63, 3.8) is 0 Å². The number of piperidine rings is 1. The van der Waals surface area contributed by atoms with Crippen molar-refractivity contribution in [2.45, 2.75) is 44.8 Å². The van der Waals surface area contributed by atoms with E-state index in [0.29, 0.717) is 25.3 Å². The first kappa shape index (κ1) is 21.3. The molecule has 1 amide bonds. The fourth-order valence-electron chi connectivity index (χ4n) is 3.22. The summed E-state index contributed by atoms with van der Waals surface area (Å²) in [6, 6.07) is 4.77. The predicted octanol–water partition coefficient (Wildman–Crippen LogP) is 3.15. The van der Waals surface area contributed by atoms with Crippen molar-refractivity contribution in [1.82, 2.24) is 4.90 Å². The highest BCUT2D eigenvalue weighted by molar-refractivity contribution is 5.76. The van der Waals surface area contributed by atoms with Crippen LogP contribution in [0.1, 0.15) is 31.7 Å². The number of aryl methyl sites for hydroxylation is 1. The van der Waals surface area contributed by atoms with Gasteiger partial charge in [-0.2, -0.15) is 13.2 Å². The van der Waals surface area contributed by atoms with Gasteiger partial charge in [-0.3, -0.25) is 4.79 Å². The van der Waals surface area contributed by atoms with Gasteiger partial charge in [-0.1, -0.05) is 6.07 Å². The van der Waals surface area contributed by atoms with Gasteiger partial charge >= 0.3 is 6.18 Å². The summed E-state index contributed by atoms with van der Waals surface area (Å²) < 4.78 is 46.8. The average molecular weight is 388 g/mol. The van der Waals surface area contributed by atoms with E-state index in [-0.39, 0.29) is 23.4 Å². The molecule has 27 heavy (non-hydrogen) atoms. The second-order valence-electron chi connectivity index (χ2n) is 6.99. The molecule has 1 heterocycles. The molecule has 2 rings (SSSR count). The number of methoxy groups -OCH3 is 1. The van der Waals surface area contributed by atoms with E-state index in [1.165, 1.54) is 13.2 Å². The van der Waals surface area contributed by atoms with Crippen LogP contribution in [0.2, 0.25) is 0 Å². The molecule has 0 spiro atoms. The van der Waals surface area contributed by atoms with E-state index >= 15 is 0 Å². The van der Waals surface area contributed by atoms with Crippen LogP contribution < -0.4 is 15.2 Å². The maximum Gasteiger partial charge on any atom is 0.422 e. The van der Waals surface area contributed by atoms with Gasteiger partial charge in [-0.25, -0.2) is 0 Å². The van der Waals surface area contributed by atoms with Crippen LogP contribution in [0.5, 0.6) is 11.5 Å². The van der Waals surface area contributed by atoms with Crippen molar-refractivity contribution in [3.8, 4) is 11.5 Å². The lowest BCUT2D eigenvalue weighted by atomic mass is 9.92. The number of alkyl halides is 3. The molecule has 1 aromatic rings. The fourth-order valence-corrected chi connectivity index (χ4v) is 3.22. The highest BCUT2D eigenvalue weighted by atomic mass is 19.4. The Morgan fingerprint density at radius 2 is 2.11 bits per heavy atom. The second kappa shape index (κ2) is 9.30. The lowest BCUT2D eigenvalue weighted by molar-refractivity contribution is -0.153. The molecule has 2 unspecified atom stereocenters. The standard InChI is InChI=1S/C19H27F3N2O3/c1-13(23)15-4-3-9-24(11-15)18(25)8-6-14-5-7-16(17(10-14)26-2)27-12-19(20,21)22/h5,7,10,13,15H,3-4,6,8-9,11-12,23H2,1-2H3. The first-order chi connectivity index (χ1) is 12.7. The minimum atomic E-state index is -4.41. The Kier molecular flexibility index (Phi) is 7.35. The molecule has 1 aliphatic heterocycles. The minimum absolute atomic E-state index is 0.0284. The topological polar surface area (TPSA) is 64.8 Å². The number of carbonyl (C=O) groups is 1. The number of hydrogen-bond donors (Lipinski definition) is 1. The summed E-state index contributed by atoms with van der Waals surface area (Å²) in [5, 5.41) is 0. The van der Waals surface area contributed by atoms with Crippen LogP contribution in [0, 0.1) is 5.92 Å². The third-order valence-electron chi connectivity index (χ3n) is 4.80. The molecular weight excluding hydrogens is 361 g/mol. The van der Waals surface area contributed by atoms with Gasteiger partial charge in [0.2, 0.25) is 5.91 Å². The number of amides is 1. The number of benzene rings is 1. The van der Waals surface area contributed by atoms with Gasteiger partial charge in [0.25, 0.3) is 0 Å². The highest BCUT2D eigenvalue weighted by Crippen LogP contribution is 2.30. The van der Waals surface area contributed by atoms with Crippen LogP contribution in [-0.4, -0.2) is 49.8 Å². The smallest absolute Gasteiger partial charge is 0.422 e. The average Bonchev–Trinajstić information content (AvgIpc) is 2.64.